The van der Waals surface area contributed by atoms with Crippen molar-refractivity contribution in [1.82, 2.24) is 20.0 Å². The van der Waals surface area contributed by atoms with E-state index in [0.717, 1.165) is 0 Å². The second-order valence-electron chi connectivity index (χ2n) is 6.78. The zero-order chi connectivity index (χ0) is 20.6. The van der Waals surface area contributed by atoms with E-state index in [9.17, 15) is 14.7 Å². The summed E-state index contributed by atoms with van der Waals surface area (Å²) in [5.41, 5.74) is 0. The highest BCUT2D eigenvalue weighted by molar-refractivity contribution is 6.35. The molecule has 1 fully saturated rings. The monoisotopic (exact) mass is 429 g/mol. The first kappa shape index (κ1) is 20.5. The number of halogens is 2. The zero-order valence-corrected chi connectivity index (χ0v) is 17.1. The molecule has 1 saturated heterocycles. The van der Waals surface area contributed by atoms with Crippen LogP contribution in [0.2, 0.25) is 10.0 Å². The Morgan fingerprint density at radius 3 is 2.71 bits per heavy atom. The molecule has 1 aromatic rings. The highest BCUT2D eigenvalue weighted by Gasteiger charge is 2.49. The van der Waals surface area contributed by atoms with E-state index in [2.05, 4.69) is 10.3 Å². The molecule has 0 bridgehead atoms. The van der Waals surface area contributed by atoms with E-state index in [1.54, 1.807) is 49.1 Å². The summed E-state index contributed by atoms with van der Waals surface area (Å²) < 4.78 is 5.57. The number of ether oxygens (including phenoxy) is 1. The molecule has 0 radical (unpaired) electrons. The number of carbonyl (C=O) groups excluding carboxylic acids is 2. The van der Waals surface area contributed by atoms with E-state index in [-0.39, 0.29) is 13.2 Å². The maximum Gasteiger partial charge on any atom is 0.325 e. The van der Waals surface area contributed by atoms with Gasteiger partial charge in [-0.2, -0.15) is 0 Å². The summed E-state index contributed by atoms with van der Waals surface area (Å²) in [7, 11) is 5.13. The number of carbonyl (C=O) groups is 2. The van der Waals surface area contributed by atoms with Crippen LogP contribution in [0.3, 0.4) is 0 Å². The van der Waals surface area contributed by atoms with Gasteiger partial charge in [-0.1, -0.05) is 23.2 Å². The summed E-state index contributed by atoms with van der Waals surface area (Å²) in [6.07, 6.45) is -1.59. The van der Waals surface area contributed by atoms with Gasteiger partial charge in [0.05, 0.1) is 11.6 Å². The summed E-state index contributed by atoms with van der Waals surface area (Å²) in [4.78, 5) is 33.5. The van der Waals surface area contributed by atoms with Crippen LogP contribution in [0.25, 0.3) is 0 Å². The van der Waals surface area contributed by atoms with Gasteiger partial charge in [0.25, 0.3) is 5.91 Å². The molecule has 0 aliphatic carbocycles. The Bertz CT molecular complexity index is 819. The van der Waals surface area contributed by atoms with Crippen LogP contribution in [0.4, 0.5) is 4.79 Å². The lowest BCUT2D eigenvalue weighted by Gasteiger charge is -2.37. The molecule has 11 heteroatoms. The number of amides is 3. The van der Waals surface area contributed by atoms with Crippen LogP contribution in [-0.2, 0) is 4.79 Å². The van der Waals surface area contributed by atoms with E-state index in [1.807, 2.05) is 0 Å². The summed E-state index contributed by atoms with van der Waals surface area (Å²) in [5.74, 6) is 0.435. The fraction of sp³-hybridized carbons (Fsp3) is 0.471. The van der Waals surface area contributed by atoms with Gasteiger partial charge in [0.2, 0.25) is 0 Å². The number of aliphatic hydroxyl groups excluding tert-OH is 1. The number of aliphatic hydroxyl groups is 1. The Morgan fingerprint density at radius 1 is 1.36 bits per heavy atom. The number of urea groups is 1. The minimum Gasteiger partial charge on any atom is -0.489 e. The predicted octanol–water partition coefficient (Wildman–Crippen LogP) is 0.843. The fourth-order valence-corrected chi connectivity index (χ4v) is 3.60. The molecule has 2 heterocycles. The molecule has 3 rings (SSSR count). The van der Waals surface area contributed by atoms with E-state index in [0.29, 0.717) is 21.8 Å². The number of nitrogens with one attached hydrogen (secondary N) is 1. The van der Waals surface area contributed by atoms with Crippen molar-refractivity contribution < 1.29 is 19.4 Å². The Hall–Kier alpha value is -2.23. The van der Waals surface area contributed by atoms with Gasteiger partial charge in [0.15, 0.2) is 18.2 Å². The van der Waals surface area contributed by atoms with Crippen molar-refractivity contribution in [3.05, 3.63) is 28.2 Å². The third kappa shape index (κ3) is 3.96. The molecule has 28 heavy (non-hydrogen) atoms. The number of likely N-dealkylation sites (N-methyl/N-ethyl adjacent to an activating group) is 1. The summed E-state index contributed by atoms with van der Waals surface area (Å²) in [6, 6.07) is 3.57. The molecule has 2 N–H and O–H groups in total. The summed E-state index contributed by atoms with van der Waals surface area (Å²) in [5, 5.41) is 13.6. The minimum absolute atomic E-state index is 0.0493. The van der Waals surface area contributed by atoms with Gasteiger partial charge >= 0.3 is 6.03 Å². The molecule has 9 nitrogen and oxygen atoms in total. The van der Waals surface area contributed by atoms with Crippen LogP contribution >= 0.6 is 23.2 Å². The zero-order valence-electron chi connectivity index (χ0n) is 15.6. The number of fused-ring (bicyclic) bond motifs is 1. The van der Waals surface area contributed by atoms with E-state index in [4.69, 9.17) is 27.9 Å². The molecule has 0 spiro atoms. The van der Waals surface area contributed by atoms with Gasteiger partial charge in [0.1, 0.15) is 18.5 Å². The van der Waals surface area contributed by atoms with Gasteiger partial charge in [-0.3, -0.25) is 10.1 Å². The molecule has 152 valence electrons. The Labute approximate surface area is 172 Å². The first-order chi connectivity index (χ1) is 13.2. The van der Waals surface area contributed by atoms with E-state index < -0.39 is 30.2 Å². The third-order valence-electron chi connectivity index (χ3n) is 4.47. The second kappa shape index (κ2) is 8.02. The number of benzene rings is 1. The van der Waals surface area contributed by atoms with Crippen molar-refractivity contribution in [2.45, 2.75) is 18.3 Å². The van der Waals surface area contributed by atoms with Crippen LogP contribution in [0.5, 0.6) is 5.75 Å². The lowest BCUT2D eigenvalue weighted by Crippen LogP contribution is -2.64. The van der Waals surface area contributed by atoms with Crippen LogP contribution in [0, 0.1) is 0 Å². The van der Waals surface area contributed by atoms with Crippen LogP contribution in [0.15, 0.2) is 23.2 Å². The normalized spacial score (nSPS) is 22.6. The number of rotatable bonds is 5. The lowest BCUT2D eigenvalue weighted by molar-refractivity contribution is -0.127. The van der Waals surface area contributed by atoms with Gasteiger partial charge in [-0.15, -0.1) is 0 Å². The molecule has 2 aliphatic heterocycles. The average molecular weight is 430 g/mol. The van der Waals surface area contributed by atoms with Gasteiger partial charge < -0.3 is 24.5 Å². The maximum atomic E-state index is 12.4. The highest BCUT2D eigenvalue weighted by Crippen LogP contribution is 2.28. The van der Waals surface area contributed by atoms with Gasteiger partial charge in [-0.05, 0) is 18.2 Å². The van der Waals surface area contributed by atoms with Crippen molar-refractivity contribution in [2.75, 3.05) is 34.3 Å². The van der Waals surface area contributed by atoms with E-state index in [1.165, 1.54) is 4.90 Å². The topological polar surface area (TPSA) is 97.7 Å². The minimum atomic E-state index is -0.939. The fourth-order valence-electron chi connectivity index (χ4n) is 3.14. The van der Waals surface area contributed by atoms with Crippen molar-refractivity contribution in [3.63, 3.8) is 0 Å². The average Bonchev–Trinajstić information content (AvgIpc) is 2.99. The largest absolute Gasteiger partial charge is 0.489 e. The highest BCUT2D eigenvalue weighted by atomic mass is 35.5. The smallest absolute Gasteiger partial charge is 0.325 e. The molecule has 3 unspecified atom stereocenters. The number of imide groups is 1. The number of hydrogen-bond acceptors (Lipinski definition) is 7. The molecule has 0 saturated carbocycles. The Morgan fingerprint density at radius 2 is 2.07 bits per heavy atom. The molecule has 3 amide bonds. The first-order valence-corrected chi connectivity index (χ1v) is 9.30. The van der Waals surface area contributed by atoms with Gasteiger partial charge in [0, 0.05) is 26.2 Å². The van der Waals surface area contributed by atoms with Crippen molar-refractivity contribution in [2.24, 2.45) is 4.99 Å². The summed E-state index contributed by atoms with van der Waals surface area (Å²) in [6.45, 7) is 0.0329. The second-order valence-corrected chi connectivity index (χ2v) is 7.62. The first-order valence-electron chi connectivity index (χ1n) is 8.54. The van der Waals surface area contributed by atoms with E-state index >= 15 is 0 Å². The molecular weight excluding hydrogens is 409 g/mol. The van der Waals surface area contributed by atoms with Crippen molar-refractivity contribution >= 4 is 41.1 Å². The van der Waals surface area contributed by atoms with Gasteiger partial charge in [-0.25, -0.2) is 9.79 Å². The third-order valence-corrected chi connectivity index (χ3v) is 5.00. The predicted molar refractivity (Wildman–Crippen MR) is 105 cm³/mol. The molecule has 1 aromatic carbocycles. The number of hydrogen-bond donors (Lipinski definition) is 2. The molecule has 3 atom stereocenters. The number of aliphatic imine (C=N–C) groups is 1. The lowest BCUT2D eigenvalue weighted by atomic mass is 10.1. The molecule has 0 aromatic heterocycles. The SMILES string of the molecule is CN(C)C1=NC2C(C(=O)NC(=O)N2C)N1CC(O)COc1ccc(Cl)cc1Cl. The number of guanidine groups is 1. The number of nitrogens with zero attached hydrogens (tertiary/aromatic N) is 4. The quantitative estimate of drug-likeness (QED) is 0.719. The standard InChI is InChI=1S/C17H21Cl2N5O4/c1-22(2)16-20-14-13(15(26)21-17(27)23(14)3)24(16)7-10(25)8-28-12-5-4-9(18)6-11(12)19/h4-6,10,13-14,25H,7-8H2,1-3H3,(H,21,26,27). The van der Waals surface area contributed by atoms with Crippen LogP contribution in [-0.4, -0.2) is 90.3 Å². The van der Waals surface area contributed by atoms with Crippen molar-refractivity contribution in [1.29, 1.82) is 0 Å². The van der Waals surface area contributed by atoms with Crippen LogP contribution < -0.4 is 10.1 Å². The maximum absolute atomic E-state index is 12.4. The summed E-state index contributed by atoms with van der Waals surface area (Å²) >= 11 is 11.9. The van der Waals surface area contributed by atoms with Crippen molar-refractivity contribution in [3.8, 4) is 5.75 Å². The van der Waals surface area contributed by atoms with Crippen LogP contribution in [0.1, 0.15) is 0 Å². The Kier molecular flexibility index (Phi) is 5.87. The number of β-amino-alcohol motifs (C(OH)–C–C–N with tert-alkyl or cyclic N) is 1. The molecule has 2 aliphatic rings. The molecular formula is C17H21Cl2N5O4. The Balaban J connectivity index is 1.71.